The summed E-state index contributed by atoms with van der Waals surface area (Å²) in [5.74, 6) is 0.0772. The molecule has 11 heteroatoms. The monoisotopic (exact) mass is 518 g/mol. The summed E-state index contributed by atoms with van der Waals surface area (Å²) in [6.07, 6.45) is 8.18. The summed E-state index contributed by atoms with van der Waals surface area (Å²) in [5.41, 5.74) is 3.68. The Hall–Kier alpha value is -2.24. The van der Waals surface area contributed by atoms with Crippen molar-refractivity contribution in [2.75, 3.05) is 7.05 Å². The molecule has 3 aromatic heterocycles. The minimum absolute atomic E-state index is 0. The molecule has 2 fully saturated rings. The number of nitrogens with zero attached hydrogens (tertiary/aromatic N) is 5. The molecule has 0 amide bonds. The number of hydrogen-bond acceptors (Lipinski definition) is 8. The van der Waals surface area contributed by atoms with Gasteiger partial charge in [-0.15, -0.1) is 34.8 Å². The van der Waals surface area contributed by atoms with E-state index in [0.29, 0.717) is 29.4 Å². The van der Waals surface area contributed by atoms with Crippen LogP contribution < -0.4 is 10.9 Å². The van der Waals surface area contributed by atoms with E-state index in [4.69, 9.17) is 4.99 Å². The maximum absolute atomic E-state index is 12.0. The van der Waals surface area contributed by atoms with E-state index in [1.165, 1.54) is 28.7 Å². The minimum Gasteiger partial charge on any atom is -0.506 e. The first-order valence-electron chi connectivity index (χ1n) is 11.2. The van der Waals surface area contributed by atoms with E-state index in [1.807, 2.05) is 11.6 Å². The second-order valence-corrected chi connectivity index (χ2v) is 12.0. The van der Waals surface area contributed by atoms with Crippen molar-refractivity contribution >= 4 is 44.9 Å². The summed E-state index contributed by atoms with van der Waals surface area (Å²) in [6.45, 7) is 0. The normalized spacial score (nSPS) is 26.3. The van der Waals surface area contributed by atoms with Crippen LogP contribution in [0.5, 0.6) is 5.75 Å². The van der Waals surface area contributed by atoms with Gasteiger partial charge in [-0.2, -0.15) is 0 Å². The molecular weight excluding hydrogens is 492 g/mol. The molecule has 3 aliphatic heterocycles. The molecule has 3 aromatic rings. The molecule has 0 aromatic carbocycles. The van der Waals surface area contributed by atoms with Crippen molar-refractivity contribution in [3.05, 3.63) is 52.2 Å². The lowest BCUT2D eigenvalue weighted by Crippen LogP contribution is -2.46. The number of aromatic nitrogens is 3. The fraction of sp³-hybridized carbons (Fsp3) is 0.391. The smallest absolute Gasteiger partial charge is 0.250 e. The molecule has 3 aliphatic rings. The Kier molecular flexibility index (Phi) is 6.28. The SMILES string of the molecule is CN([C@@H]1C[C@H]2CC[C@@H](C1)N2)[SH]1C(c2ncc(-c3ccn(C)c(=O)c3)cc2O)=Nc2scnc21.Cl. The number of aliphatic imine (C=N–C) groups is 1. The number of thiazole rings is 1. The summed E-state index contributed by atoms with van der Waals surface area (Å²) < 4.78 is 3.96. The molecule has 2 N–H and O–H groups in total. The Labute approximate surface area is 210 Å². The number of hydrogen-bond donors (Lipinski definition) is 3. The number of aryl methyl sites for hydroxylation is 1. The van der Waals surface area contributed by atoms with Crippen molar-refractivity contribution in [2.24, 2.45) is 12.0 Å². The first-order valence-corrected chi connectivity index (χ1v) is 13.3. The standard InChI is InChI=1S/C23H26N6O2S2.ClH/c1-28-6-5-13(8-19(28)31)14-7-18(30)20(24-11-14)22-27-21-23(25-12-32-21)33(22)29(2)17-9-15-3-4-16(10-17)26-15;/h5-8,11-12,15-17,26,30,33H,3-4,9-10H2,1-2H3;1H/t15-,16+,17-;. The highest BCUT2D eigenvalue weighted by atomic mass is 35.5. The highest BCUT2D eigenvalue weighted by Gasteiger charge is 2.40. The van der Waals surface area contributed by atoms with Crippen molar-refractivity contribution < 1.29 is 5.11 Å². The van der Waals surface area contributed by atoms with Gasteiger partial charge in [-0.25, -0.2) is 15.0 Å². The molecule has 0 spiro atoms. The van der Waals surface area contributed by atoms with Gasteiger partial charge in [-0.05, 0) is 50.4 Å². The second kappa shape index (κ2) is 9.09. The lowest BCUT2D eigenvalue weighted by molar-refractivity contribution is 0.264. The van der Waals surface area contributed by atoms with E-state index in [-0.39, 0.29) is 23.7 Å². The predicted molar refractivity (Wildman–Crippen MR) is 140 cm³/mol. The van der Waals surface area contributed by atoms with Crippen molar-refractivity contribution in [1.29, 1.82) is 0 Å². The maximum Gasteiger partial charge on any atom is 0.250 e. The summed E-state index contributed by atoms with van der Waals surface area (Å²) in [4.78, 5) is 26.2. The van der Waals surface area contributed by atoms with Crippen LogP contribution in [0.2, 0.25) is 0 Å². The average Bonchev–Trinajstić information content (AvgIpc) is 3.49. The van der Waals surface area contributed by atoms with Crippen LogP contribution in [0.25, 0.3) is 11.1 Å². The molecule has 8 nitrogen and oxygen atoms in total. The molecule has 0 saturated carbocycles. The summed E-state index contributed by atoms with van der Waals surface area (Å²) in [7, 11) is 3.89. The zero-order valence-electron chi connectivity index (χ0n) is 18.9. The molecule has 180 valence electrons. The van der Waals surface area contributed by atoms with Gasteiger partial charge in [-0.3, -0.25) is 9.10 Å². The van der Waals surface area contributed by atoms with Crippen LogP contribution in [0.1, 0.15) is 31.4 Å². The van der Waals surface area contributed by atoms with Gasteiger partial charge in [0, 0.05) is 49.2 Å². The number of nitrogens with one attached hydrogen (secondary N) is 1. The third kappa shape index (κ3) is 3.97. The van der Waals surface area contributed by atoms with Crippen LogP contribution >= 0.6 is 34.8 Å². The molecule has 6 heterocycles. The Morgan fingerprint density at radius 1 is 1.21 bits per heavy atom. The molecule has 4 atom stereocenters. The van der Waals surface area contributed by atoms with Crippen LogP contribution in [-0.4, -0.2) is 54.2 Å². The van der Waals surface area contributed by atoms with Crippen LogP contribution in [0.3, 0.4) is 0 Å². The van der Waals surface area contributed by atoms with Crippen molar-refractivity contribution in [3.8, 4) is 16.9 Å². The molecule has 34 heavy (non-hydrogen) atoms. The van der Waals surface area contributed by atoms with Gasteiger partial charge in [0.05, 0.1) is 5.51 Å². The van der Waals surface area contributed by atoms with Gasteiger partial charge >= 0.3 is 0 Å². The largest absolute Gasteiger partial charge is 0.506 e. The first kappa shape index (κ1) is 23.5. The van der Waals surface area contributed by atoms with E-state index in [9.17, 15) is 9.90 Å². The Morgan fingerprint density at radius 2 is 1.97 bits per heavy atom. The van der Waals surface area contributed by atoms with Crippen LogP contribution in [0.4, 0.5) is 5.00 Å². The lowest BCUT2D eigenvalue weighted by atomic mass is 10.0. The number of rotatable bonds is 4. The maximum atomic E-state index is 12.0. The number of fused-ring (bicyclic) bond motifs is 3. The lowest BCUT2D eigenvalue weighted by Gasteiger charge is -2.40. The van der Waals surface area contributed by atoms with E-state index in [1.54, 1.807) is 31.6 Å². The second-order valence-electron chi connectivity index (χ2n) is 9.02. The van der Waals surface area contributed by atoms with Crippen molar-refractivity contribution in [2.45, 2.75) is 48.8 Å². The van der Waals surface area contributed by atoms with E-state index in [0.717, 1.165) is 33.5 Å². The Balaban J connectivity index is 0.00000241. The summed E-state index contributed by atoms with van der Waals surface area (Å²) >= 11 is 0.564. The summed E-state index contributed by atoms with van der Waals surface area (Å²) in [5, 5.41) is 17.4. The number of aromatic hydroxyl groups is 1. The third-order valence-electron chi connectivity index (χ3n) is 6.95. The molecule has 6 rings (SSSR count). The highest BCUT2D eigenvalue weighted by molar-refractivity contribution is 8.29. The Bertz CT molecular complexity index is 1310. The average molecular weight is 519 g/mol. The van der Waals surface area contributed by atoms with Gasteiger partial charge < -0.3 is 15.0 Å². The van der Waals surface area contributed by atoms with E-state index >= 15 is 0 Å². The van der Waals surface area contributed by atoms with Crippen molar-refractivity contribution in [3.63, 3.8) is 0 Å². The van der Waals surface area contributed by atoms with Crippen LogP contribution in [0.15, 0.2) is 50.9 Å². The molecular formula is C23H27ClN6O2S2. The number of thiol groups is 1. The third-order valence-corrected chi connectivity index (χ3v) is 10.2. The fourth-order valence-electron chi connectivity index (χ4n) is 5.16. The summed E-state index contributed by atoms with van der Waals surface area (Å²) in [6, 6.07) is 6.71. The van der Waals surface area contributed by atoms with Gasteiger partial charge in [0.25, 0.3) is 5.56 Å². The fourth-order valence-corrected chi connectivity index (χ4v) is 8.56. The zero-order chi connectivity index (χ0) is 22.7. The highest BCUT2D eigenvalue weighted by Crippen LogP contribution is 2.56. The van der Waals surface area contributed by atoms with E-state index in [2.05, 4.69) is 26.6 Å². The topological polar surface area (TPSA) is 95.6 Å². The molecule has 0 radical (unpaired) electrons. The number of piperidine rings is 1. The van der Waals surface area contributed by atoms with Gasteiger partial charge in [0.1, 0.15) is 21.5 Å². The molecule has 2 saturated heterocycles. The molecule has 0 aliphatic carbocycles. The minimum atomic E-state index is -0.969. The molecule has 2 bridgehead atoms. The van der Waals surface area contributed by atoms with Crippen molar-refractivity contribution in [1.82, 2.24) is 24.2 Å². The van der Waals surface area contributed by atoms with Crippen LogP contribution in [0, 0.1) is 0 Å². The molecule has 1 unspecified atom stereocenters. The Morgan fingerprint density at radius 3 is 2.68 bits per heavy atom. The van der Waals surface area contributed by atoms with Gasteiger partial charge in [-0.1, -0.05) is 0 Å². The van der Waals surface area contributed by atoms with E-state index < -0.39 is 11.1 Å². The van der Waals surface area contributed by atoms with Crippen LogP contribution in [-0.2, 0) is 7.05 Å². The first-order chi connectivity index (χ1) is 16.0. The van der Waals surface area contributed by atoms with Gasteiger partial charge in [0.15, 0.2) is 5.00 Å². The predicted octanol–water partition coefficient (Wildman–Crippen LogP) is 3.61. The number of pyridine rings is 2. The quantitative estimate of drug-likeness (QED) is 0.457. The van der Waals surface area contributed by atoms with Gasteiger partial charge in [0.2, 0.25) is 0 Å². The zero-order valence-corrected chi connectivity index (χ0v) is 21.4. The number of halogens is 1.